The Hall–Kier alpha value is -1.31. The van der Waals surface area contributed by atoms with Gasteiger partial charge in [0.05, 0.1) is 6.61 Å². The number of unbranched alkanes of at least 4 members (excludes halogenated alkanes) is 20. The first kappa shape index (κ1) is 36.7. The molecule has 2 heteroatoms. The van der Waals surface area contributed by atoms with Gasteiger partial charge in [-0.1, -0.05) is 140 Å². The van der Waals surface area contributed by atoms with Crippen molar-refractivity contribution >= 4 is 5.97 Å². The molecule has 0 aliphatic heterocycles. The largest absolute Gasteiger partial charge is 0.466 e. The van der Waals surface area contributed by atoms with E-state index in [1.807, 2.05) is 0 Å². The van der Waals surface area contributed by atoms with Crippen molar-refractivity contribution in [3.05, 3.63) is 36.5 Å². The summed E-state index contributed by atoms with van der Waals surface area (Å²) in [6.07, 6.45) is 46.2. The van der Waals surface area contributed by atoms with E-state index >= 15 is 0 Å². The fraction of sp³-hybridized carbons (Fsp3) is 0.806. The van der Waals surface area contributed by atoms with Crippen LogP contribution in [0.15, 0.2) is 36.5 Å². The van der Waals surface area contributed by atoms with Crippen LogP contribution < -0.4 is 0 Å². The van der Waals surface area contributed by atoms with Gasteiger partial charge in [0, 0.05) is 6.42 Å². The molecule has 2 nitrogen and oxygen atoms in total. The quantitative estimate of drug-likeness (QED) is 0.0524. The van der Waals surface area contributed by atoms with Crippen LogP contribution in [0.3, 0.4) is 0 Å². The zero-order chi connectivity index (χ0) is 27.6. The van der Waals surface area contributed by atoms with Crippen LogP contribution in [-0.4, -0.2) is 12.6 Å². The monoisotopic (exact) mass is 531 g/mol. The Labute approximate surface area is 239 Å². The minimum Gasteiger partial charge on any atom is -0.466 e. The molecule has 222 valence electrons. The average molecular weight is 531 g/mol. The highest BCUT2D eigenvalue weighted by Gasteiger charge is 2.02. The van der Waals surface area contributed by atoms with Gasteiger partial charge >= 0.3 is 5.97 Å². The van der Waals surface area contributed by atoms with E-state index in [4.69, 9.17) is 4.74 Å². The second-order valence-corrected chi connectivity index (χ2v) is 11.1. The minimum absolute atomic E-state index is 0.00483. The molecule has 0 N–H and O–H groups in total. The van der Waals surface area contributed by atoms with Crippen molar-refractivity contribution in [2.45, 2.75) is 181 Å². The molecule has 0 saturated heterocycles. The number of carbonyl (C=O) groups excluding carboxylic acids is 1. The summed E-state index contributed by atoms with van der Waals surface area (Å²) in [6.45, 7) is 5.14. The maximum Gasteiger partial charge on any atom is 0.305 e. The van der Waals surface area contributed by atoms with Crippen molar-refractivity contribution in [2.75, 3.05) is 6.61 Å². The second-order valence-electron chi connectivity index (χ2n) is 11.1. The maximum absolute atomic E-state index is 11.9. The highest BCUT2D eigenvalue weighted by molar-refractivity contribution is 5.69. The number of rotatable bonds is 30. The third-order valence-corrected chi connectivity index (χ3v) is 7.25. The van der Waals surface area contributed by atoms with E-state index in [9.17, 15) is 4.79 Å². The van der Waals surface area contributed by atoms with Gasteiger partial charge in [-0.25, -0.2) is 0 Å². The first-order valence-electron chi connectivity index (χ1n) is 16.9. The van der Waals surface area contributed by atoms with Gasteiger partial charge in [-0.15, -0.1) is 0 Å². The summed E-state index contributed by atoms with van der Waals surface area (Å²) >= 11 is 0. The molecule has 0 fully saturated rings. The van der Waals surface area contributed by atoms with E-state index in [1.54, 1.807) is 0 Å². The number of hydrogen-bond acceptors (Lipinski definition) is 2. The Morgan fingerprint density at radius 3 is 1.34 bits per heavy atom. The molecule has 0 aromatic heterocycles. The van der Waals surface area contributed by atoms with Gasteiger partial charge in [-0.05, 0) is 70.6 Å². The standard InChI is InChI=1S/C36H66O2/c1-3-5-7-9-11-13-15-17-19-21-23-25-27-29-31-33-35-38-36(37)34-32-30-28-26-24-22-20-18-16-14-12-10-8-6-4-2/h11,13,17-20H,3-10,12,14-16,21-35H2,1-2H3. The van der Waals surface area contributed by atoms with Crippen LogP contribution in [0.5, 0.6) is 0 Å². The zero-order valence-corrected chi connectivity index (χ0v) is 25.9. The summed E-state index contributed by atoms with van der Waals surface area (Å²) in [4.78, 5) is 11.9. The van der Waals surface area contributed by atoms with Crippen molar-refractivity contribution in [3.63, 3.8) is 0 Å². The molecule has 0 heterocycles. The molecule has 0 aliphatic rings. The van der Waals surface area contributed by atoms with Crippen molar-refractivity contribution in [2.24, 2.45) is 0 Å². The van der Waals surface area contributed by atoms with Crippen LogP contribution in [0.25, 0.3) is 0 Å². The molecular weight excluding hydrogens is 464 g/mol. The normalized spacial score (nSPS) is 11.9. The molecule has 0 bridgehead atoms. The molecule has 0 rings (SSSR count). The van der Waals surface area contributed by atoms with Gasteiger partial charge in [0.15, 0.2) is 0 Å². The van der Waals surface area contributed by atoms with Crippen LogP contribution in [0.2, 0.25) is 0 Å². The number of allylic oxidation sites excluding steroid dienone is 6. The molecule has 0 saturated carbocycles. The summed E-state index contributed by atoms with van der Waals surface area (Å²) in [7, 11) is 0. The average Bonchev–Trinajstić information content (AvgIpc) is 2.92. The number of carbonyl (C=O) groups is 1. The van der Waals surface area contributed by atoms with Crippen LogP contribution in [0.1, 0.15) is 181 Å². The predicted molar refractivity (Wildman–Crippen MR) is 170 cm³/mol. The molecule has 0 aromatic carbocycles. The Morgan fingerprint density at radius 1 is 0.447 bits per heavy atom. The van der Waals surface area contributed by atoms with Gasteiger partial charge < -0.3 is 4.74 Å². The van der Waals surface area contributed by atoms with Crippen molar-refractivity contribution < 1.29 is 9.53 Å². The van der Waals surface area contributed by atoms with Crippen molar-refractivity contribution in [3.8, 4) is 0 Å². The third-order valence-electron chi connectivity index (χ3n) is 7.25. The van der Waals surface area contributed by atoms with E-state index < -0.39 is 0 Å². The summed E-state index contributed by atoms with van der Waals surface area (Å²) in [5.74, 6) is 0.00483. The summed E-state index contributed by atoms with van der Waals surface area (Å²) in [6, 6.07) is 0. The maximum atomic E-state index is 11.9. The topological polar surface area (TPSA) is 26.3 Å². The van der Waals surface area contributed by atoms with E-state index in [0.29, 0.717) is 13.0 Å². The number of ether oxygens (including phenoxy) is 1. The van der Waals surface area contributed by atoms with E-state index in [-0.39, 0.29) is 5.97 Å². The smallest absolute Gasteiger partial charge is 0.305 e. The molecule has 38 heavy (non-hydrogen) atoms. The van der Waals surface area contributed by atoms with Gasteiger partial charge in [0.2, 0.25) is 0 Å². The molecule has 0 aromatic rings. The van der Waals surface area contributed by atoms with Gasteiger partial charge in [0.1, 0.15) is 0 Å². The summed E-state index contributed by atoms with van der Waals surface area (Å²) < 4.78 is 5.42. The van der Waals surface area contributed by atoms with E-state index in [2.05, 4.69) is 50.3 Å². The lowest BCUT2D eigenvalue weighted by molar-refractivity contribution is -0.143. The third kappa shape index (κ3) is 32.7. The summed E-state index contributed by atoms with van der Waals surface area (Å²) in [5, 5.41) is 0. The Kier molecular flexibility index (Phi) is 32.6. The Balaban J connectivity index is 3.26. The van der Waals surface area contributed by atoms with Crippen LogP contribution in [0, 0.1) is 0 Å². The zero-order valence-electron chi connectivity index (χ0n) is 25.9. The van der Waals surface area contributed by atoms with Crippen LogP contribution >= 0.6 is 0 Å². The number of hydrogen-bond donors (Lipinski definition) is 0. The minimum atomic E-state index is 0.00483. The predicted octanol–water partition coefficient (Wildman–Crippen LogP) is 12.4. The molecule has 0 aliphatic carbocycles. The lowest BCUT2D eigenvalue weighted by atomic mass is 10.1. The SMILES string of the molecule is CCCCCC=CCC=CCCCCCCCCOC(=O)CCCCCCCC=CCCCCCCCC. The van der Waals surface area contributed by atoms with Gasteiger partial charge in [0.25, 0.3) is 0 Å². The second kappa shape index (κ2) is 33.7. The van der Waals surface area contributed by atoms with E-state index in [1.165, 1.54) is 135 Å². The molecule has 0 unspecified atom stereocenters. The lowest BCUT2D eigenvalue weighted by Crippen LogP contribution is -2.05. The first-order chi connectivity index (χ1) is 18.8. The highest BCUT2D eigenvalue weighted by atomic mass is 16.5. The highest BCUT2D eigenvalue weighted by Crippen LogP contribution is 2.11. The molecule has 0 amide bonds. The van der Waals surface area contributed by atoms with Crippen LogP contribution in [0.4, 0.5) is 0 Å². The Bertz CT molecular complexity index is 546. The fourth-order valence-corrected chi connectivity index (χ4v) is 4.69. The van der Waals surface area contributed by atoms with E-state index in [0.717, 1.165) is 25.7 Å². The van der Waals surface area contributed by atoms with Crippen molar-refractivity contribution in [1.82, 2.24) is 0 Å². The molecule has 0 radical (unpaired) electrons. The summed E-state index contributed by atoms with van der Waals surface area (Å²) in [5.41, 5.74) is 0. The molecular formula is C36H66O2. The van der Waals surface area contributed by atoms with Gasteiger partial charge in [-0.2, -0.15) is 0 Å². The molecule has 0 spiro atoms. The van der Waals surface area contributed by atoms with Crippen molar-refractivity contribution in [1.29, 1.82) is 0 Å². The first-order valence-corrected chi connectivity index (χ1v) is 16.9. The Morgan fingerprint density at radius 2 is 0.816 bits per heavy atom. The fourth-order valence-electron chi connectivity index (χ4n) is 4.69. The number of esters is 1. The van der Waals surface area contributed by atoms with Gasteiger partial charge in [-0.3, -0.25) is 4.79 Å². The van der Waals surface area contributed by atoms with Crippen LogP contribution in [-0.2, 0) is 9.53 Å². The lowest BCUT2D eigenvalue weighted by Gasteiger charge is -2.05. The molecule has 0 atom stereocenters.